The van der Waals surface area contributed by atoms with E-state index in [2.05, 4.69) is 42.9 Å². The second kappa shape index (κ2) is 6.95. The number of aliphatic hydroxyl groups excluding tert-OH is 1. The summed E-state index contributed by atoms with van der Waals surface area (Å²) in [4.78, 5) is 16.4. The average molecular weight is 365 g/mol. The van der Waals surface area contributed by atoms with E-state index in [0.717, 1.165) is 57.9 Å². The minimum atomic E-state index is -0.185. The molecule has 27 heavy (non-hydrogen) atoms. The fourth-order valence-corrected chi connectivity index (χ4v) is 5.29. The molecule has 2 aromatic rings. The Morgan fingerprint density at radius 1 is 1.00 bits per heavy atom. The minimum absolute atomic E-state index is 0.164. The summed E-state index contributed by atoms with van der Waals surface area (Å²) in [7, 11) is 0. The Hall–Kier alpha value is -1.86. The van der Waals surface area contributed by atoms with Crippen molar-refractivity contribution in [3.8, 4) is 0 Å². The van der Waals surface area contributed by atoms with Crippen LogP contribution in [-0.2, 0) is 13.1 Å². The van der Waals surface area contributed by atoms with Crippen molar-refractivity contribution in [3.05, 3.63) is 60.2 Å². The van der Waals surface area contributed by atoms with E-state index in [0.29, 0.717) is 6.04 Å². The van der Waals surface area contributed by atoms with Gasteiger partial charge in [0.1, 0.15) is 0 Å². The lowest BCUT2D eigenvalue weighted by Crippen LogP contribution is -2.77. The molecule has 2 unspecified atom stereocenters. The van der Waals surface area contributed by atoms with Gasteiger partial charge < -0.3 is 5.11 Å². The zero-order valence-corrected chi connectivity index (χ0v) is 15.6. The van der Waals surface area contributed by atoms with Crippen LogP contribution in [0.4, 0.5) is 0 Å². The highest BCUT2D eigenvalue weighted by Gasteiger charge is 2.55. The largest absolute Gasteiger partial charge is 0.392 e. The molecule has 0 aromatic carbocycles. The van der Waals surface area contributed by atoms with Crippen molar-refractivity contribution in [2.75, 3.05) is 32.7 Å². The molecule has 1 spiro atoms. The highest BCUT2D eigenvalue weighted by Crippen LogP contribution is 2.39. The van der Waals surface area contributed by atoms with Gasteiger partial charge in [-0.05, 0) is 30.2 Å². The van der Waals surface area contributed by atoms with Gasteiger partial charge in [-0.25, -0.2) is 0 Å². The molecule has 3 saturated heterocycles. The Kier molecular flexibility index (Phi) is 4.44. The third-order valence-corrected chi connectivity index (χ3v) is 6.27. The fourth-order valence-electron chi connectivity index (χ4n) is 5.29. The smallest absolute Gasteiger partial charge is 0.0682 e. The van der Waals surface area contributed by atoms with Crippen molar-refractivity contribution in [1.29, 1.82) is 0 Å². The third kappa shape index (κ3) is 3.38. The zero-order chi connectivity index (χ0) is 18.3. The summed E-state index contributed by atoms with van der Waals surface area (Å²) in [5.41, 5.74) is 2.56. The van der Waals surface area contributed by atoms with Crippen LogP contribution >= 0.6 is 0 Å². The first-order chi connectivity index (χ1) is 13.2. The van der Waals surface area contributed by atoms with Crippen LogP contribution in [0.15, 0.2) is 48.9 Å². The van der Waals surface area contributed by atoms with Gasteiger partial charge in [-0.15, -0.1) is 0 Å². The van der Waals surface area contributed by atoms with Crippen LogP contribution < -0.4 is 0 Å². The maximum atomic E-state index is 10.3. The van der Waals surface area contributed by atoms with Gasteiger partial charge >= 0.3 is 0 Å². The van der Waals surface area contributed by atoms with Gasteiger partial charge in [-0.1, -0.05) is 12.1 Å². The highest BCUT2D eigenvalue weighted by molar-refractivity contribution is 5.16. The van der Waals surface area contributed by atoms with Crippen LogP contribution in [0.2, 0.25) is 0 Å². The standard InChI is InChI=1S/C21H27N5O/c27-20-8-19-12-24(10-17-4-3-6-22-9-17)14-21(26(19)13-20)15-25(16-21)11-18-5-1-2-7-23-18/h1-7,9,19-20,27H,8,10-16H2. The Labute approximate surface area is 160 Å². The van der Waals surface area contributed by atoms with Crippen LogP contribution in [0.3, 0.4) is 0 Å². The van der Waals surface area contributed by atoms with E-state index in [-0.39, 0.29) is 11.6 Å². The number of hydrogen-bond donors (Lipinski definition) is 1. The monoisotopic (exact) mass is 365 g/mol. The van der Waals surface area contributed by atoms with Crippen LogP contribution in [0, 0.1) is 0 Å². The fraction of sp³-hybridized carbons (Fsp3) is 0.524. The summed E-state index contributed by atoms with van der Waals surface area (Å²) in [5.74, 6) is 0. The predicted molar refractivity (Wildman–Crippen MR) is 103 cm³/mol. The zero-order valence-electron chi connectivity index (χ0n) is 15.6. The Bertz CT molecular complexity index is 765. The van der Waals surface area contributed by atoms with Crippen LogP contribution in [0.5, 0.6) is 0 Å². The molecular weight excluding hydrogens is 338 g/mol. The number of β-amino-alcohol motifs (C(OH)–C–C–N with tert-alkyl or cyclic N) is 1. The van der Waals surface area contributed by atoms with E-state index in [4.69, 9.17) is 0 Å². The predicted octanol–water partition coefficient (Wildman–Crippen LogP) is 0.982. The number of pyridine rings is 2. The number of nitrogens with zero attached hydrogens (tertiary/aromatic N) is 5. The van der Waals surface area contributed by atoms with Gasteiger partial charge in [0.25, 0.3) is 0 Å². The number of aromatic nitrogens is 2. The van der Waals surface area contributed by atoms with Crippen molar-refractivity contribution < 1.29 is 5.11 Å². The Morgan fingerprint density at radius 3 is 2.67 bits per heavy atom. The number of rotatable bonds is 4. The summed E-state index contributed by atoms with van der Waals surface area (Å²) < 4.78 is 0. The molecular formula is C21H27N5O. The molecule has 3 aliphatic heterocycles. The van der Waals surface area contributed by atoms with Gasteiger partial charge in [-0.2, -0.15) is 0 Å². The molecule has 142 valence electrons. The number of hydrogen-bond acceptors (Lipinski definition) is 6. The third-order valence-electron chi connectivity index (χ3n) is 6.27. The Morgan fingerprint density at radius 2 is 1.89 bits per heavy atom. The van der Waals surface area contributed by atoms with E-state index in [1.54, 1.807) is 0 Å². The van der Waals surface area contributed by atoms with Gasteiger partial charge in [0.15, 0.2) is 0 Å². The number of aliphatic hydroxyl groups is 1. The lowest BCUT2D eigenvalue weighted by Gasteiger charge is -2.61. The van der Waals surface area contributed by atoms with Crippen LogP contribution in [-0.4, -0.2) is 80.2 Å². The van der Waals surface area contributed by atoms with Gasteiger partial charge in [0, 0.05) is 70.4 Å². The normalized spacial score (nSPS) is 28.2. The van der Waals surface area contributed by atoms with Gasteiger partial charge in [0.05, 0.1) is 17.3 Å². The van der Waals surface area contributed by atoms with Crippen LogP contribution in [0.25, 0.3) is 0 Å². The number of piperazine rings is 1. The molecule has 3 aliphatic rings. The summed E-state index contributed by atoms with van der Waals surface area (Å²) in [6.45, 7) is 6.87. The molecule has 5 rings (SSSR count). The van der Waals surface area contributed by atoms with Gasteiger partial charge in [-0.3, -0.25) is 24.7 Å². The van der Waals surface area contributed by atoms with Gasteiger partial charge in [0.2, 0.25) is 0 Å². The molecule has 3 fully saturated rings. The first kappa shape index (κ1) is 17.3. The first-order valence-corrected chi connectivity index (χ1v) is 9.89. The van der Waals surface area contributed by atoms with Crippen molar-refractivity contribution in [2.24, 2.45) is 0 Å². The summed E-state index contributed by atoms with van der Waals surface area (Å²) in [6.07, 6.45) is 6.38. The van der Waals surface area contributed by atoms with Crippen molar-refractivity contribution in [2.45, 2.75) is 37.2 Å². The number of fused-ring (bicyclic) bond motifs is 2. The summed E-state index contributed by atoms with van der Waals surface area (Å²) in [6, 6.07) is 10.8. The minimum Gasteiger partial charge on any atom is -0.392 e. The Balaban J connectivity index is 1.30. The molecule has 0 saturated carbocycles. The molecule has 6 heteroatoms. The molecule has 6 nitrogen and oxygen atoms in total. The molecule has 0 aliphatic carbocycles. The molecule has 2 aromatic heterocycles. The maximum Gasteiger partial charge on any atom is 0.0682 e. The quantitative estimate of drug-likeness (QED) is 0.872. The lowest BCUT2D eigenvalue weighted by atomic mass is 9.83. The molecule has 5 heterocycles. The molecule has 0 amide bonds. The number of likely N-dealkylation sites (tertiary alicyclic amines) is 1. The highest BCUT2D eigenvalue weighted by atomic mass is 16.3. The second-order valence-electron chi connectivity index (χ2n) is 8.42. The average Bonchev–Trinajstić information content (AvgIpc) is 3.03. The molecule has 1 N–H and O–H groups in total. The lowest BCUT2D eigenvalue weighted by molar-refractivity contribution is -0.118. The van der Waals surface area contributed by atoms with E-state index in [1.807, 2.05) is 30.7 Å². The summed E-state index contributed by atoms with van der Waals surface area (Å²) >= 11 is 0. The maximum absolute atomic E-state index is 10.3. The van der Waals surface area contributed by atoms with Crippen molar-refractivity contribution in [3.63, 3.8) is 0 Å². The van der Waals surface area contributed by atoms with Crippen molar-refractivity contribution >= 4 is 0 Å². The van der Waals surface area contributed by atoms with Crippen molar-refractivity contribution in [1.82, 2.24) is 24.7 Å². The van der Waals surface area contributed by atoms with Crippen LogP contribution in [0.1, 0.15) is 17.7 Å². The molecule has 0 radical (unpaired) electrons. The SMILES string of the molecule is OC1CC2CN(Cc3cccnc3)CC3(CN(Cc4ccccn4)C3)N2C1. The van der Waals surface area contributed by atoms with E-state index >= 15 is 0 Å². The van der Waals surface area contributed by atoms with E-state index < -0.39 is 0 Å². The topological polar surface area (TPSA) is 55.7 Å². The second-order valence-corrected chi connectivity index (χ2v) is 8.42. The van der Waals surface area contributed by atoms with E-state index in [9.17, 15) is 5.11 Å². The molecule has 0 bridgehead atoms. The summed E-state index contributed by atoms with van der Waals surface area (Å²) in [5, 5.41) is 10.3. The molecule has 2 atom stereocenters. The van der Waals surface area contributed by atoms with E-state index in [1.165, 1.54) is 5.56 Å². The first-order valence-electron chi connectivity index (χ1n) is 9.89.